The average Bonchev–Trinajstić information content (AvgIpc) is 2.72. The van der Waals surface area contributed by atoms with E-state index in [9.17, 15) is 0 Å². The lowest BCUT2D eigenvalue weighted by Gasteiger charge is -2.18. The Bertz CT molecular complexity index is 397. The van der Waals surface area contributed by atoms with Gasteiger partial charge in [-0.3, -0.25) is 4.99 Å². The van der Waals surface area contributed by atoms with Crippen molar-refractivity contribution in [2.75, 3.05) is 6.54 Å². The molecule has 3 heteroatoms. The molecule has 78 valence electrons. The minimum absolute atomic E-state index is 0.758. The van der Waals surface area contributed by atoms with Crippen molar-refractivity contribution in [2.45, 2.75) is 13.3 Å². The third kappa shape index (κ3) is 2.37. The Labute approximate surface area is 90.0 Å². The maximum atomic E-state index is 4.52. The minimum Gasteiger partial charge on any atom is -0.348 e. The quantitative estimate of drug-likeness (QED) is 0.715. The summed E-state index contributed by atoms with van der Waals surface area (Å²) in [6, 6.07) is 0. The van der Waals surface area contributed by atoms with Crippen LogP contribution in [0.3, 0.4) is 0 Å². The summed E-state index contributed by atoms with van der Waals surface area (Å²) in [4.78, 5) is 4.52. The first-order valence-electron chi connectivity index (χ1n) is 5.04. The Morgan fingerprint density at radius 1 is 1.53 bits per heavy atom. The van der Waals surface area contributed by atoms with Crippen molar-refractivity contribution in [2.24, 2.45) is 4.99 Å². The normalized spacial score (nSPS) is 22.2. The zero-order valence-corrected chi connectivity index (χ0v) is 8.88. The van der Waals surface area contributed by atoms with E-state index in [4.69, 9.17) is 0 Å². The molecule has 15 heavy (non-hydrogen) atoms. The van der Waals surface area contributed by atoms with E-state index in [1.807, 2.05) is 13.1 Å². The van der Waals surface area contributed by atoms with Crippen LogP contribution in [0.4, 0.5) is 0 Å². The lowest BCUT2D eigenvalue weighted by Crippen LogP contribution is -2.34. The molecule has 0 spiro atoms. The van der Waals surface area contributed by atoms with Crippen molar-refractivity contribution in [3.05, 3.63) is 48.0 Å². The van der Waals surface area contributed by atoms with E-state index >= 15 is 0 Å². The lowest BCUT2D eigenvalue weighted by molar-refractivity contribution is 0.902. The second-order valence-electron chi connectivity index (χ2n) is 3.70. The van der Waals surface area contributed by atoms with Gasteiger partial charge in [0.2, 0.25) is 0 Å². The smallest absolute Gasteiger partial charge is 0.131 e. The van der Waals surface area contributed by atoms with Crippen molar-refractivity contribution in [3.8, 4) is 0 Å². The van der Waals surface area contributed by atoms with E-state index < -0.39 is 0 Å². The van der Waals surface area contributed by atoms with Gasteiger partial charge >= 0.3 is 0 Å². The molecule has 0 aromatic carbocycles. The maximum Gasteiger partial charge on any atom is 0.131 e. The fourth-order valence-electron chi connectivity index (χ4n) is 1.49. The van der Waals surface area contributed by atoms with Crippen LogP contribution in [-0.2, 0) is 0 Å². The standard InChI is InChI=1S/C12H15N3/c1-9-7-13-10(2)15-12(9)14-8-11-5-3-4-6-11/h3-5,7,13H,2,6,8H2,1H3,(H,14,15). The van der Waals surface area contributed by atoms with Gasteiger partial charge in [0.05, 0.1) is 6.54 Å². The second kappa shape index (κ2) is 4.17. The molecular formula is C12H15N3. The van der Waals surface area contributed by atoms with Crippen molar-refractivity contribution >= 4 is 5.84 Å². The van der Waals surface area contributed by atoms with E-state index in [2.05, 4.69) is 40.4 Å². The van der Waals surface area contributed by atoms with Crippen LogP contribution in [0, 0.1) is 0 Å². The van der Waals surface area contributed by atoms with Crippen molar-refractivity contribution < 1.29 is 0 Å². The van der Waals surface area contributed by atoms with Gasteiger partial charge in [-0.2, -0.15) is 0 Å². The molecular weight excluding hydrogens is 186 g/mol. The number of aliphatic imine (C=N–C) groups is 1. The number of nitrogens with zero attached hydrogens (tertiary/aromatic N) is 1. The first-order chi connectivity index (χ1) is 7.25. The van der Waals surface area contributed by atoms with Crippen LogP contribution in [0.1, 0.15) is 13.3 Å². The summed E-state index contributed by atoms with van der Waals surface area (Å²) in [7, 11) is 0. The number of allylic oxidation sites excluding steroid dienone is 3. The molecule has 0 saturated heterocycles. The molecule has 0 radical (unpaired) electrons. The molecule has 2 N–H and O–H groups in total. The molecule has 0 amide bonds. The average molecular weight is 201 g/mol. The van der Waals surface area contributed by atoms with Crippen LogP contribution >= 0.6 is 0 Å². The number of hydrogen-bond donors (Lipinski definition) is 2. The molecule has 2 rings (SSSR count). The molecule has 2 aliphatic rings. The highest BCUT2D eigenvalue weighted by Crippen LogP contribution is 2.11. The summed E-state index contributed by atoms with van der Waals surface area (Å²) in [5.41, 5.74) is 2.45. The largest absolute Gasteiger partial charge is 0.348 e. The minimum atomic E-state index is 0.758. The first kappa shape index (κ1) is 9.77. The monoisotopic (exact) mass is 201 g/mol. The maximum absolute atomic E-state index is 4.52. The van der Waals surface area contributed by atoms with Gasteiger partial charge in [0.25, 0.3) is 0 Å². The zero-order valence-electron chi connectivity index (χ0n) is 8.88. The van der Waals surface area contributed by atoms with Crippen molar-refractivity contribution in [3.63, 3.8) is 0 Å². The number of amidine groups is 1. The van der Waals surface area contributed by atoms with Gasteiger partial charge in [-0.15, -0.1) is 0 Å². The summed E-state index contributed by atoms with van der Waals surface area (Å²) in [6.45, 7) is 6.58. The van der Waals surface area contributed by atoms with Crippen LogP contribution in [-0.4, -0.2) is 12.4 Å². The second-order valence-corrected chi connectivity index (χ2v) is 3.70. The van der Waals surface area contributed by atoms with Gasteiger partial charge in [0.1, 0.15) is 11.7 Å². The van der Waals surface area contributed by atoms with E-state index in [0.29, 0.717) is 0 Å². The Morgan fingerprint density at radius 3 is 3.13 bits per heavy atom. The number of nitrogens with one attached hydrogen (secondary N) is 2. The molecule has 1 aliphatic heterocycles. The third-order valence-electron chi connectivity index (χ3n) is 2.39. The molecule has 0 unspecified atom stereocenters. The molecule has 1 aliphatic carbocycles. The summed E-state index contributed by atoms with van der Waals surface area (Å²) in [5, 5.41) is 6.13. The molecule has 1 heterocycles. The van der Waals surface area contributed by atoms with Gasteiger partial charge in [0.15, 0.2) is 0 Å². The molecule has 0 saturated carbocycles. The Hall–Kier alpha value is -1.77. The molecule has 3 nitrogen and oxygen atoms in total. The first-order valence-corrected chi connectivity index (χ1v) is 5.04. The Balaban J connectivity index is 2.02. The van der Waals surface area contributed by atoms with Crippen LogP contribution in [0.5, 0.6) is 0 Å². The van der Waals surface area contributed by atoms with Gasteiger partial charge in [-0.25, -0.2) is 0 Å². The molecule has 0 bridgehead atoms. The SMILES string of the molecule is C=C1NC=C(C)C(=NCC2=CC=CC2)N1. The zero-order chi connectivity index (χ0) is 10.7. The summed E-state index contributed by atoms with van der Waals surface area (Å²) >= 11 is 0. The van der Waals surface area contributed by atoms with Crippen molar-refractivity contribution in [1.82, 2.24) is 10.6 Å². The fraction of sp³-hybridized carbons (Fsp3) is 0.250. The third-order valence-corrected chi connectivity index (χ3v) is 2.39. The predicted octanol–water partition coefficient (Wildman–Crippen LogP) is 1.84. The van der Waals surface area contributed by atoms with Gasteiger partial charge < -0.3 is 10.6 Å². The van der Waals surface area contributed by atoms with Crippen molar-refractivity contribution in [1.29, 1.82) is 0 Å². The van der Waals surface area contributed by atoms with E-state index in [1.165, 1.54) is 5.57 Å². The Morgan fingerprint density at radius 2 is 2.40 bits per heavy atom. The predicted molar refractivity (Wildman–Crippen MR) is 63.3 cm³/mol. The topological polar surface area (TPSA) is 36.4 Å². The van der Waals surface area contributed by atoms with Crippen LogP contribution < -0.4 is 10.6 Å². The highest BCUT2D eigenvalue weighted by molar-refractivity contribution is 5.99. The van der Waals surface area contributed by atoms with Crippen LogP contribution in [0.15, 0.2) is 53.0 Å². The highest BCUT2D eigenvalue weighted by atomic mass is 15.1. The molecule has 0 aromatic rings. The molecule has 0 aromatic heterocycles. The van der Waals surface area contributed by atoms with Gasteiger partial charge in [-0.05, 0) is 18.9 Å². The van der Waals surface area contributed by atoms with Crippen LogP contribution in [0.2, 0.25) is 0 Å². The van der Waals surface area contributed by atoms with E-state index in [-0.39, 0.29) is 0 Å². The summed E-state index contributed by atoms with van der Waals surface area (Å²) in [6.07, 6.45) is 9.29. The molecule has 0 fully saturated rings. The number of rotatable bonds is 2. The van der Waals surface area contributed by atoms with Gasteiger partial charge in [-0.1, -0.05) is 24.8 Å². The number of hydrogen-bond acceptors (Lipinski definition) is 2. The van der Waals surface area contributed by atoms with Crippen LogP contribution in [0.25, 0.3) is 0 Å². The Kier molecular flexibility index (Phi) is 2.72. The van der Waals surface area contributed by atoms with E-state index in [0.717, 1.165) is 30.2 Å². The lowest BCUT2D eigenvalue weighted by atomic mass is 10.2. The summed E-state index contributed by atoms with van der Waals surface area (Å²) < 4.78 is 0. The van der Waals surface area contributed by atoms with Gasteiger partial charge in [0, 0.05) is 11.8 Å². The highest BCUT2D eigenvalue weighted by Gasteiger charge is 2.08. The fourth-order valence-corrected chi connectivity index (χ4v) is 1.49. The molecule has 0 atom stereocenters. The van der Waals surface area contributed by atoms with E-state index in [1.54, 1.807) is 0 Å². The summed E-state index contributed by atoms with van der Waals surface area (Å²) in [5.74, 6) is 1.68.